The van der Waals surface area contributed by atoms with Crippen LogP contribution in [0.25, 0.3) is 0 Å². The Balaban J connectivity index is 2.35. The molecule has 0 bridgehead atoms. The quantitative estimate of drug-likeness (QED) is 0.730. The number of nitrogens with zero attached hydrogens (tertiary/aromatic N) is 3. The van der Waals surface area contributed by atoms with Crippen LogP contribution in [0.1, 0.15) is 31.0 Å². The topological polar surface area (TPSA) is 85.0 Å². The third-order valence-corrected chi connectivity index (χ3v) is 7.43. The van der Waals surface area contributed by atoms with Gasteiger partial charge in [-0.25, -0.2) is 12.7 Å². The highest BCUT2D eigenvalue weighted by Crippen LogP contribution is 2.46. The molecule has 1 aliphatic rings. The van der Waals surface area contributed by atoms with Crippen molar-refractivity contribution in [2.24, 2.45) is 5.92 Å². The molecule has 1 atom stereocenters. The number of aryl methyl sites for hydroxylation is 1. The highest BCUT2D eigenvalue weighted by molar-refractivity contribution is 8.03. The predicted octanol–water partition coefficient (Wildman–Crippen LogP) is 4.75. The van der Waals surface area contributed by atoms with Gasteiger partial charge in [0.05, 0.1) is 10.9 Å². The molecule has 0 fully saturated rings. The molecule has 0 N–H and O–H groups in total. The fraction of sp³-hybridized carbons (Fsp3) is 0.238. The molecule has 7 heteroatoms. The minimum atomic E-state index is -4.05. The third kappa shape index (κ3) is 3.40. The summed E-state index contributed by atoms with van der Waals surface area (Å²) in [4.78, 5) is 0.957. The van der Waals surface area contributed by atoms with Crippen LogP contribution in [-0.2, 0) is 10.0 Å². The largest absolute Gasteiger partial charge is 0.265 e. The summed E-state index contributed by atoms with van der Waals surface area (Å²) in [7, 11) is -4.05. The Labute approximate surface area is 170 Å². The van der Waals surface area contributed by atoms with Crippen molar-refractivity contribution in [3.8, 4) is 12.1 Å². The summed E-state index contributed by atoms with van der Waals surface area (Å²) in [5.74, 6) is -0.122. The lowest BCUT2D eigenvalue weighted by atomic mass is 9.95. The zero-order chi connectivity index (χ0) is 20.5. The number of benzene rings is 2. The lowest BCUT2D eigenvalue weighted by Crippen LogP contribution is -2.36. The van der Waals surface area contributed by atoms with Crippen LogP contribution in [0, 0.1) is 35.5 Å². The molecule has 0 aromatic heterocycles. The van der Waals surface area contributed by atoms with Crippen molar-refractivity contribution in [3.63, 3.8) is 0 Å². The fourth-order valence-corrected chi connectivity index (χ4v) is 5.99. The molecule has 2 aromatic rings. The van der Waals surface area contributed by atoms with Crippen LogP contribution in [0.5, 0.6) is 0 Å². The van der Waals surface area contributed by atoms with Gasteiger partial charge in [-0.1, -0.05) is 61.5 Å². The van der Waals surface area contributed by atoms with E-state index in [1.807, 2.05) is 57.2 Å². The van der Waals surface area contributed by atoms with Gasteiger partial charge in [0.2, 0.25) is 0 Å². The van der Waals surface area contributed by atoms with E-state index in [4.69, 9.17) is 0 Å². The van der Waals surface area contributed by atoms with Gasteiger partial charge in [0.1, 0.15) is 17.0 Å². The first-order valence-corrected chi connectivity index (χ1v) is 11.0. The number of hydrogen-bond donors (Lipinski definition) is 0. The second-order valence-electron chi connectivity index (χ2n) is 6.84. The van der Waals surface area contributed by atoms with Crippen molar-refractivity contribution in [1.29, 1.82) is 10.5 Å². The van der Waals surface area contributed by atoms with Crippen molar-refractivity contribution < 1.29 is 8.42 Å². The van der Waals surface area contributed by atoms with Gasteiger partial charge in [0.15, 0.2) is 5.70 Å². The standard InChI is InChI=1S/C21H19N3O2S2/c1-14(2)21-17-6-4-5-7-19(17)27-20(13-23)18(12-22)24(21)28(25,26)16-10-8-15(3)9-11-16/h4-11,14,21H,1-3H3/t21-/m1/s1. The SMILES string of the molecule is Cc1ccc(S(=O)(=O)N2C(C#N)=C(C#N)Sc3ccccc3[C@H]2C(C)C)cc1. The first-order chi connectivity index (χ1) is 13.3. The maximum atomic E-state index is 13.6. The summed E-state index contributed by atoms with van der Waals surface area (Å²) < 4.78 is 28.4. The van der Waals surface area contributed by atoms with Crippen LogP contribution in [0.3, 0.4) is 0 Å². The molecule has 5 nitrogen and oxygen atoms in total. The zero-order valence-electron chi connectivity index (χ0n) is 15.7. The van der Waals surface area contributed by atoms with Gasteiger partial charge in [-0.2, -0.15) is 10.5 Å². The molecule has 0 spiro atoms. The van der Waals surface area contributed by atoms with E-state index in [1.54, 1.807) is 12.1 Å². The van der Waals surface area contributed by atoms with E-state index in [9.17, 15) is 18.9 Å². The average molecular weight is 410 g/mol. The fourth-order valence-electron chi connectivity index (χ4n) is 3.24. The van der Waals surface area contributed by atoms with Crippen LogP contribution in [-0.4, -0.2) is 12.7 Å². The normalized spacial score (nSPS) is 16.9. The summed E-state index contributed by atoms with van der Waals surface area (Å²) in [6.45, 7) is 5.70. The van der Waals surface area contributed by atoms with E-state index in [1.165, 1.54) is 12.1 Å². The molecule has 0 radical (unpaired) electrons. The Kier molecular flexibility index (Phi) is 5.51. The van der Waals surface area contributed by atoms with Gasteiger partial charge < -0.3 is 0 Å². The number of fused-ring (bicyclic) bond motifs is 1. The molecule has 0 unspecified atom stereocenters. The minimum Gasteiger partial charge on any atom is -0.247 e. The highest BCUT2D eigenvalue weighted by atomic mass is 32.2. The smallest absolute Gasteiger partial charge is 0.247 e. The molecular formula is C21H19N3O2S2. The molecule has 0 saturated heterocycles. The molecule has 2 aromatic carbocycles. The number of rotatable bonds is 3. The maximum Gasteiger partial charge on any atom is 0.265 e. The van der Waals surface area contributed by atoms with Gasteiger partial charge in [0.25, 0.3) is 10.0 Å². The van der Waals surface area contributed by atoms with Crippen LogP contribution >= 0.6 is 11.8 Å². The molecule has 0 saturated carbocycles. The van der Waals surface area contributed by atoms with Crippen molar-refractivity contribution in [2.45, 2.75) is 36.6 Å². The number of nitriles is 2. The van der Waals surface area contributed by atoms with E-state index < -0.39 is 16.1 Å². The minimum absolute atomic E-state index is 0.0776. The van der Waals surface area contributed by atoms with Crippen molar-refractivity contribution in [2.75, 3.05) is 0 Å². The lowest BCUT2D eigenvalue weighted by molar-refractivity contribution is 0.311. The third-order valence-electron chi connectivity index (χ3n) is 4.55. The number of sulfonamides is 1. The Morgan fingerprint density at radius 1 is 1.04 bits per heavy atom. The summed E-state index contributed by atoms with van der Waals surface area (Å²) >= 11 is 1.14. The molecule has 3 rings (SSSR count). The van der Waals surface area contributed by atoms with Gasteiger partial charge in [-0.05, 0) is 36.6 Å². The summed E-state index contributed by atoms with van der Waals surface area (Å²) in [6.07, 6.45) is 0. The van der Waals surface area contributed by atoms with Gasteiger partial charge in [0, 0.05) is 4.90 Å². The Morgan fingerprint density at radius 3 is 2.25 bits per heavy atom. The van der Waals surface area contributed by atoms with E-state index in [0.717, 1.165) is 32.1 Å². The number of allylic oxidation sites excluding steroid dienone is 2. The molecular weight excluding hydrogens is 390 g/mol. The Hall–Kier alpha value is -2.74. The number of thioether (sulfide) groups is 1. The van der Waals surface area contributed by atoms with E-state index in [2.05, 4.69) is 0 Å². The van der Waals surface area contributed by atoms with Crippen LogP contribution < -0.4 is 0 Å². The molecule has 1 aliphatic heterocycles. The number of hydrogen-bond acceptors (Lipinski definition) is 5. The van der Waals surface area contributed by atoms with E-state index >= 15 is 0 Å². The summed E-state index contributed by atoms with van der Waals surface area (Å²) in [5, 5.41) is 19.5. The van der Waals surface area contributed by atoms with Crippen molar-refractivity contribution in [3.05, 3.63) is 70.3 Å². The second-order valence-corrected chi connectivity index (χ2v) is 9.71. The van der Waals surface area contributed by atoms with Gasteiger partial charge in [-0.15, -0.1) is 0 Å². The first-order valence-electron chi connectivity index (χ1n) is 8.73. The van der Waals surface area contributed by atoms with E-state index in [-0.39, 0.29) is 21.4 Å². The predicted molar refractivity (Wildman–Crippen MR) is 108 cm³/mol. The van der Waals surface area contributed by atoms with Gasteiger partial charge >= 0.3 is 0 Å². The summed E-state index contributed by atoms with van der Waals surface area (Å²) in [5.41, 5.74) is 1.59. The van der Waals surface area contributed by atoms with Crippen LogP contribution in [0.15, 0.2) is 68.9 Å². The molecule has 28 heavy (non-hydrogen) atoms. The lowest BCUT2D eigenvalue weighted by Gasteiger charge is -2.34. The molecule has 1 heterocycles. The highest BCUT2D eigenvalue weighted by Gasteiger charge is 2.40. The van der Waals surface area contributed by atoms with Crippen molar-refractivity contribution in [1.82, 2.24) is 4.31 Å². The zero-order valence-corrected chi connectivity index (χ0v) is 17.4. The maximum absolute atomic E-state index is 13.6. The molecule has 0 aliphatic carbocycles. The average Bonchev–Trinajstić information content (AvgIpc) is 2.82. The van der Waals surface area contributed by atoms with Crippen LogP contribution in [0.4, 0.5) is 0 Å². The summed E-state index contributed by atoms with van der Waals surface area (Å²) in [6, 6.07) is 17.3. The van der Waals surface area contributed by atoms with Crippen LogP contribution in [0.2, 0.25) is 0 Å². The monoisotopic (exact) mass is 409 g/mol. The van der Waals surface area contributed by atoms with E-state index in [0.29, 0.717) is 0 Å². The molecule has 0 amide bonds. The van der Waals surface area contributed by atoms with Crippen molar-refractivity contribution >= 4 is 21.8 Å². The first kappa shape index (κ1) is 20.0. The Morgan fingerprint density at radius 2 is 1.68 bits per heavy atom. The Bertz CT molecular complexity index is 1120. The second kappa shape index (κ2) is 7.71. The molecule has 142 valence electrons. The van der Waals surface area contributed by atoms with Gasteiger partial charge in [-0.3, -0.25) is 0 Å².